The fourth-order valence-corrected chi connectivity index (χ4v) is 8.33. The first-order valence-electron chi connectivity index (χ1n) is 17.7. The van der Waals surface area contributed by atoms with Gasteiger partial charge in [-0.3, -0.25) is 19.1 Å². The van der Waals surface area contributed by atoms with Gasteiger partial charge in [0.25, 0.3) is 11.8 Å². The molecule has 8 rings (SSSR count). The number of benzene rings is 4. The van der Waals surface area contributed by atoms with Crippen LogP contribution in [0.25, 0.3) is 15.8 Å². The Kier molecular flexibility index (Phi) is 10.0. The molecule has 6 aromatic rings. The molecule has 4 aromatic carbocycles. The molecule has 0 aliphatic carbocycles. The number of aromatic nitrogens is 3. The van der Waals surface area contributed by atoms with E-state index in [0.29, 0.717) is 47.3 Å². The van der Waals surface area contributed by atoms with Gasteiger partial charge in [0.05, 0.1) is 11.4 Å². The summed E-state index contributed by atoms with van der Waals surface area (Å²) in [5.41, 5.74) is 6.13. The summed E-state index contributed by atoms with van der Waals surface area (Å²) in [6, 6.07) is 28.7. The van der Waals surface area contributed by atoms with E-state index in [1.807, 2.05) is 83.1 Å². The topological polar surface area (TPSA) is 142 Å². The van der Waals surface area contributed by atoms with Crippen LogP contribution in [-0.2, 0) is 17.9 Å². The molecule has 0 atom stereocenters. The highest BCUT2D eigenvalue weighted by Gasteiger charge is 2.27. The highest BCUT2D eigenvalue weighted by molar-refractivity contribution is 7.27. The zero-order valence-electron chi connectivity index (χ0n) is 29.4. The first kappa shape index (κ1) is 35.7. The third-order valence-corrected chi connectivity index (χ3v) is 11.4. The average Bonchev–Trinajstić information content (AvgIpc) is 3.76. The fourth-order valence-electron chi connectivity index (χ4n) is 7.24. The van der Waals surface area contributed by atoms with Gasteiger partial charge in [0.1, 0.15) is 18.1 Å². The van der Waals surface area contributed by atoms with Gasteiger partial charge in [0.2, 0.25) is 0 Å². The Hall–Kier alpha value is -5.34. The molecular weight excluding hydrogens is 723 g/mol. The van der Waals surface area contributed by atoms with E-state index in [-0.39, 0.29) is 24.3 Å². The Morgan fingerprint density at radius 3 is 2.57 bits per heavy atom. The number of rotatable bonds is 9. The third-order valence-electron chi connectivity index (χ3n) is 9.98. The van der Waals surface area contributed by atoms with E-state index in [1.165, 1.54) is 16.9 Å². The van der Waals surface area contributed by atoms with Gasteiger partial charge in [-0.2, -0.15) is 0 Å². The fraction of sp³-hybridized carbons (Fsp3) is 0.225. The first-order chi connectivity index (χ1) is 26.2. The highest BCUT2D eigenvalue weighted by Crippen LogP contribution is 2.32. The number of amides is 2. The van der Waals surface area contributed by atoms with Crippen LogP contribution in [0.1, 0.15) is 63.0 Å². The maximum Gasteiger partial charge on any atom is 0.499 e. The summed E-state index contributed by atoms with van der Waals surface area (Å²) in [6.45, 7) is 3.70. The number of hydrogen-bond donors (Lipinski definition) is 3. The lowest BCUT2D eigenvalue weighted by atomic mass is 9.88. The largest absolute Gasteiger partial charge is 0.499 e. The number of likely N-dealkylation sites (tertiary alicyclic amines) is 1. The van der Waals surface area contributed by atoms with Crippen molar-refractivity contribution in [2.45, 2.75) is 38.8 Å². The molecule has 2 aromatic heterocycles. The minimum absolute atomic E-state index is 0.0461. The van der Waals surface area contributed by atoms with Gasteiger partial charge in [-0.15, -0.1) is 21.5 Å². The van der Waals surface area contributed by atoms with Crippen LogP contribution in [0.15, 0.2) is 96.0 Å². The number of piperidine rings is 1. The number of halogens is 1. The van der Waals surface area contributed by atoms with E-state index in [1.54, 1.807) is 12.1 Å². The van der Waals surface area contributed by atoms with E-state index < -0.39 is 7.12 Å². The number of fused-ring (bicyclic) bond motifs is 4. The van der Waals surface area contributed by atoms with Crippen molar-refractivity contribution in [3.8, 4) is 11.4 Å². The van der Waals surface area contributed by atoms with Crippen LogP contribution in [0.3, 0.4) is 0 Å². The Morgan fingerprint density at radius 2 is 1.78 bits per heavy atom. The summed E-state index contributed by atoms with van der Waals surface area (Å²) in [5.74, 6) is 2.02. The third kappa shape index (κ3) is 7.27. The van der Waals surface area contributed by atoms with Gasteiger partial charge < -0.3 is 25.0 Å². The maximum atomic E-state index is 13.5. The van der Waals surface area contributed by atoms with E-state index in [4.69, 9.17) is 21.3 Å². The van der Waals surface area contributed by atoms with E-state index in [0.717, 1.165) is 62.7 Å². The van der Waals surface area contributed by atoms with Crippen molar-refractivity contribution in [1.82, 2.24) is 25.0 Å². The van der Waals surface area contributed by atoms with E-state index in [2.05, 4.69) is 27.6 Å². The summed E-state index contributed by atoms with van der Waals surface area (Å²) < 4.78 is 9.26. The second kappa shape index (κ2) is 15.2. The number of thiophene rings is 1. The molecule has 0 unspecified atom stereocenters. The molecule has 2 amide bonds. The normalized spacial score (nSPS) is 14.2. The predicted molar refractivity (Wildman–Crippen MR) is 210 cm³/mol. The molecule has 3 N–H and O–H groups in total. The number of carbonyl (C=O) groups excluding carboxylic acids is 2. The summed E-state index contributed by atoms with van der Waals surface area (Å²) in [5, 5.41) is 32.2. The zero-order chi connectivity index (χ0) is 37.3. The number of nitrogens with zero attached hydrogens (tertiary/aromatic N) is 5. The molecule has 1 fully saturated rings. The first-order valence-corrected chi connectivity index (χ1v) is 18.9. The van der Waals surface area contributed by atoms with Crippen molar-refractivity contribution in [3.63, 3.8) is 0 Å². The lowest BCUT2D eigenvalue weighted by Crippen LogP contribution is -2.38. The van der Waals surface area contributed by atoms with Gasteiger partial charge in [-0.25, -0.2) is 0 Å². The molecule has 0 spiro atoms. The molecule has 11 nitrogen and oxygen atoms in total. The van der Waals surface area contributed by atoms with Crippen molar-refractivity contribution in [1.29, 1.82) is 0 Å². The van der Waals surface area contributed by atoms with Crippen molar-refractivity contribution in [3.05, 3.63) is 135 Å². The number of aliphatic imine (C=N–C) groups is 1. The average molecular weight is 759 g/mol. The molecule has 54 heavy (non-hydrogen) atoms. The van der Waals surface area contributed by atoms with Crippen LogP contribution in [0, 0.1) is 6.92 Å². The SMILES string of the molecule is Cc1nnc2n1-c1ccc(OCC(=O)NCc3cccc(C4CCN(C(=O)c5cccc6sc(B(O)O)cc56)CC4)c3)cc1C(c1ccc(Cl)cc1)=NC2. The Balaban J connectivity index is 0.882. The molecule has 2 aliphatic heterocycles. The van der Waals surface area contributed by atoms with Crippen molar-refractivity contribution >= 4 is 62.4 Å². The number of carbonyl (C=O) groups is 2. The number of ether oxygens (including phenoxy) is 1. The van der Waals surface area contributed by atoms with Gasteiger partial charge in [0.15, 0.2) is 12.4 Å². The lowest BCUT2D eigenvalue weighted by molar-refractivity contribution is -0.123. The predicted octanol–water partition coefficient (Wildman–Crippen LogP) is 5.19. The Morgan fingerprint density at radius 1 is 0.981 bits per heavy atom. The van der Waals surface area contributed by atoms with E-state index in [9.17, 15) is 19.6 Å². The zero-order valence-corrected chi connectivity index (χ0v) is 31.0. The smallest absolute Gasteiger partial charge is 0.484 e. The maximum absolute atomic E-state index is 13.5. The van der Waals surface area contributed by atoms with Gasteiger partial charge in [-0.05, 0) is 85.3 Å². The van der Waals surface area contributed by atoms with Crippen molar-refractivity contribution in [2.24, 2.45) is 4.99 Å². The van der Waals surface area contributed by atoms with Gasteiger partial charge >= 0.3 is 7.12 Å². The number of nitrogens with one attached hydrogen (secondary N) is 1. The van der Waals surface area contributed by atoms with Crippen molar-refractivity contribution in [2.75, 3.05) is 19.7 Å². The minimum atomic E-state index is -1.56. The quantitative estimate of drug-likeness (QED) is 0.173. The standard InChI is InChI=1S/C40H36BClN6O5S/c1-24-45-46-37-22-44-39(27-8-10-29(42)11-9-27)33-19-30(12-13-34(33)48(24)37)53-23-38(49)43-21-25-4-2-5-28(18-25)26-14-16-47(17-15-26)40(50)31-6-3-7-35-32(31)20-36(54-35)41(51)52/h2-13,18-20,26,51-52H,14-17,21-23H2,1H3,(H,43,49). The van der Waals surface area contributed by atoms with Gasteiger partial charge in [-0.1, -0.05) is 54.1 Å². The molecule has 0 bridgehead atoms. The molecule has 0 radical (unpaired) electrons. The van der Waals surface area contributed by atoms with E-state index >= 15 is 0 Å². The van der Waals surface area contributed by atoms with Crippen LogP contribution in [-0.4, -0.2) is 74.1 Å². The Bertz CT molecular complexity index is 2400. The second-order valence-electron chi connectivity index (χ2n) is 13.5. The van der Waals surface area contributed by atoms with Crippen LogP contribution < -0.4 is 14.8 Å². The second-order valence-corrected chi connectivity index (χ2v) is 15.0. The molecule has 272 valence electrons. The molecular formula is C40H36BClN6O5S. The molecule has 0 saturated carbocycles. The van der Waals surface area contributed by atoms with Crippen LogP contribution in [0.5, 0.6) is 5.75 Å². The Labute approximate surface area is 321 Å². The molecule has 4 heterocycles. The highest BCUT2D eigenvalue weighted by atomic mass is 35.5. The van der Waals surface area contributed by atoms with Gasteiger partial charge in [0, 0.05) is 56.2 Å². The minimum Gasteiger partial charge on any atom is -0.484 e. The summed E-state index contributed by atoms with van der Waals surface area (Å²) in [6.07, 6.45) is 1.64. The monoisotopic (exact) mass is 758 g/mol. The van der Waals surface area contributed by atoms with Crippen LogP contribution >= 0.6 is 22.9 Å². The summed E-state index contributed by atoms with van der Waals surface area (Å²) >= 11 is 7.45. The molecule has 2 aliphatic rings. The lowest BCUT2D eigenvalue weighted by Gasteiger charge is -2.32. The summed E-state index contributed by atoms with van der Waals surface area (Å²) in [7, 11) is -1.56. The van der Waals surface area contributed by atoms with Crippen LogP contribution in [0.2, 0.25) is 5.02 Å². The number of aryl methyl sites for hydroxylation is 1. The molecule has 14 heteroatoms. The van der Waals surface area contributed by atoms with Crippen LogP contribution in [0.4, 0.5) is 0 Å². The number of hydrogen-bond acceptors (Lipinski definition) is 9. The molecule has 1 saturated heterocycles. The van der Waals surface area contributed by atoms with Crippen molar-refractivity contribution < 1.29 is 24.4 Å². The summed E-state index contributed by atoms with van der Waals surface area (Å²) in [4.78, 5) is 33.3.